The zero-order valence-electron chi connectivity index (χ0n) is 12.7. The summed E-state index contributed by atoms with van der Waals surface area (Å²) in [5, 5.41) is 0. The van der Waals surface area contributed by atoms with Crippen molar-refractivity contribution in [2.75, 3.05) is 26.2 Å². The Labute approximate surface area is 133 Å². The third-order valence-electron chi connectivity index (χ3n) is 4.03. The van der Waals surface area contributed by atoms with E-state index in [0.717, 1.165) is 25.3 Å². The molecule has 5 heteroatoms. The van der Waals surface area contributed by atoms with Gasteiger partial charge in [0.15, 0.2) is 0 Å². The van der Waals surface area contributed by atoms with Crippen LogP contribution in [0.4, 0.5) is 0 Å². The van der Waals surface area contributed by atoms with E-state index < -0.39 is 0 Å². The number of nitrogens with zero attached hydrogens (tertiary/aromatic N) is 1. The topological polar surface area (TPSA) is 55.6 Å². The molecule has 0 bridgehead atoms. The summed E-state index contributed by atoms with van der Waals surface area (Å²) in [4.78, 5) is 14.3. The van der Waals surface area contributed by atoms with Crippen LogP contribution in [0.1, 0.15) is 20.3 Å². The number of carbonyl (C=O) groups excluding carboxylic acids is 1. The second kappa shape index (κ2) is 7.66. The Kier molecular flexibility index (Phi) is 6.49. The van der Waals surface area contributed by atoms with Crippen LogP contribution < -0.4 is 10.5 Å². The lowest BCUT2D eigenvalue weighted by Gasteiger charge is -2.24. The van der Waals surface area contributed by atoms with Crippen LogP contribution >= 0.6 is 12.4 Å². The Hall–Kier alpha value is -1.26. The summed E-state index contributed by atoms with van der Waals surface area (Å²) in [7, 11) is 0. The van der Waals surface area contributed by atoms with Gasteiger partial charge >= 0.3 is 0 Å². The summed E-state index contributed by atoms with van der Waals surface area (Å²) in [6.07, 6.45) is 0.988. The quantitative estimate of drug-likeness (QED) is 0.908. The van der Waals surface area contributed by atoms with Gasteiger partial charge in [-0.25, -0.2) is 0 Å². The number of hydrogen-bond donors (Lipinski definition) is 1. The monoisotopic (exact) mass is 312 g/mol. The van der Waals surface area contributed by atoms with Gasteiger partial charge in [-0.15, -0.1) is 12.4 Å². The number of carbonyl (C=O) groups is 1. The normalized spacial score (nSPS) is 22.5. The molecule has 4 nitrogen and oxygen atoms in total. The predicted molar refractivity (Wildman–Crippen MR) is 86.7 cm³/mol. The van der Waals surface area contributed by atoms with Gasteiger partial charge in [-0.1, -0.05) is 32.0 Å². The number of halogens is 1. The molecule has 2 atom stereocenters. The number of hydrogen-bond acceptors (Lipinski definition) is 3. The van der Waals surface area contributed by atoms with E-state index in [-0.39, 0.29) is 29.6 Å². The maximum atomic E-state index is 12.4. The van der Waals surface area contributed by atoms with Crippen molar-refractivity contribution in [3.8, 4) is 5.75 Å². The first-order valence-corrected chi connectivity index (χ1v) is 7.21. The molecular formula is C16H25ClN2O2. The molecule has 0 spiro atoms. The van der Waals surface area contributed by atoms with Crippen molar-refractivity contribution in [2.45, 2.75) is 20.3 Å². The van der Waals surface area contributed by atoms with Crippen molar-refractivity contribution in [3.63, 3.8) is 0 Å². The van der Waals surface area contributed by atoms with E-state index in [1.54, 1.807) is 0 Å². The molecule has 1 fully saturated rings. The van der Waals surface area contributed by atoms with E-state index in [1.807, 2.05) is 42.2 Å². The average molecular weight is 313 g/mol. The first kappa shape index (κ1) is 17.8. The van der Waals surface area contributed by atoms with Crippen molar-refractivity contribution in [1.29, 1.82) is 0 Å². The summed E-state index contributed by atoms with van der Waals surface area (Å²) < 4.78 is 5.65. The van der Waals surface area contributed by atoms with Gasteiger partial charge in [-0.05, 0) is 30.5 Å². The Morgan fingerprint density at radius 3 is 2.67 bits per heavy atom. The molecule has 0 radical (unpaired) electrons. The van der Waals surface area contributed by atoms with Crippen molar-refractivity contribution >= 4 is 18.3 Å². The van der Waals surface area contributed by atoms with Crippen molar-refractivity contribution in [2.24, 2.45) is 17.1 Å². The predicted octanol–water partition coefficient (Wildman–Crippen LogP) is 2.32. The van der Waals surface area contributed by atoms with Crippen LogP contribution in [0.3, 0.4) is 0 Å². The summed E-state index contributed by atoms with van der Waals surface area (Å²) in [6.45, 7) is 6.68. The molecule has 1 heterocycles. The number of benzene rings is 1. The number of amides is 1. The molecule has 1 aromatic rings. The minimum Gasteiger partial charge on any atom is -0.493 e. The number of likely N-dealkylation sites (tertiary alicyclic amines) is 1. The Morgan fingerprint density at radius 1 is 1.43 bits per heavy atom. The van der Waals surface area contributed by atoms with Crippen molar-refractivity contribution in [3.05, 3.63) is 30.3 Å². The fourth-order valence-corrected chi connectivity index (χ4v) is 2.50. The minimum atomic E-state index is -0.129. The molecule has 1 amide bonds. The van der Waals surface area contributed by atoms with Crippen LogP contribution in [0.15, 0.2) is 30.3 Å². The maximum Gasteiger partial charge on any atom is 0.228 e. The Bertz CT molecular complexity index is 455. The molecular weight excluding hydrogens is 288 g/mol. The smallest absolute Gasteiger partial charge is 0.228 e. The van der Waals surface area contributed by atoms with Gasteiger partial charge in [0.2, 0.25) is 5.91 Å². The number of nitrogens with two attached hydrogens (primary N) is 1. The van der Waals surface area contributed by atoms with Gasteiger partial charge in [-0.3, -0.25) is 4.79 Å². The molecule has 2 unspecified atom stereocenters. The highest BCUT2D eigenvalue weighted by Crippen LogP contribution is 2.29. The van der Waals surface area contributed by atoms with E-state index in [1.165, 1.54) is 0 Å². The zero-order chi connectivity index (χ0) is 14.6. The first-order chi connectivity index (χ1) is 9.54. The van der Waals surface area contributed by atoms with Crippen LogP contribution in [0.25, 0.3) is 0 Å². The summed E-state index contributed by atoms with van der Waals surface area (Å²) in [6, 6.07) is 9.60. The fourth-order valence-electron chi connectivity index (χ4n) is 2.50. The molecule has 0 aliphatic carbocycles. The Balaban J connectivity index is 0.00000220. The fraction of sp³-hybridized carbons (Fsp3) is 0.562. The third-order valence-corrected chi connectivity index (χ3v) is 4.03. The van der Waals surface area contributed by atoms with Gasteiger partial charge in [0.05, 0.1) is 12.5 Å². The highest BCUT2D eigenvalue weighted by molar-refractivity contribution is 5.85. The van der Waals surface area contributed by atoms with Gasteiger partial charge in [0, 0.05) is 13.1 Å². The maximum absolute atomic E-state index is 12.4. The number of para-hydroxylation sites is 1. The highest BCUT2D eigenvalue weighted by atomic mass is 35.5. The summed E-state index contributed by atoms with van der Waals surface area (Å²) >= 11 is 0. The van der Waals surface area contributed by atoms with Gasteiger partial charge in [0.25, 0.3) is 0 Å². The van der Waals surface area contributed by atoms with Crippen LogP contribution in [0, 0.1) is 11.3 Å². The third kappa shape index (κ3) is 4.61. The van der Waals surface area contributed by atoms with E-state index >= 15 is 0 Å². The molecule has 2 rings (SSSR count). The largest absolute Gasteiger partial charge is 0.493 e. The summed E-state index contributed by atoms with van der Waals surface area (Å²) in [5.41, 5.74) is 5.86. The zero-order valence-corrected chi connectivity index (χ0v) is 13.6. The molecule has 2 N–H and O–H groups in total. The van der Waals surface area contributed by atoms with Crippen LogP contribution in [-0.4, -0.2) is 37.0 Å². The van der Waals surface area contributed by atoms with Crippen LogP contribution in [0.2, 0.25) is 0 Å². The van der Waals surface area contributed by atoms with Crippen molar-refractivity contribution < 1.29 is 9.53 Å². The summed E-state index contributed by atoms with van der Waals surface area (Å²) in [5.74, 6) is 0.841. The second-order valence-electron chi connectivity index (χ2n) is 6.05. The lowest BCUT2D eigenvalue weighted by molar-refractivity contribution is -0.135. The Morgan fingerprint density at radius 2 is 2.10 bits per heavy atom. The highest BCUT2D eigenvalue weighted by Gasteiger charge is 2.36. The van der Waals surface area contributed by atoms with Crippen LogP contribution in [0.5, 0.6) is 5.75 Å². The molecule has 21 heavy (non-hydrogen) atoms. The van der Waals surface area contributed by atoms with Gasteiger partial charge in [0.1, 0.15) is 5.75 Å². The van der Waals surface area contributed by atoms with E-state index in [0.29, 0.717) is 13.2 Å². The SMILES string of the molecule is CC(COc1ccccc1)C(=O)N1CCC(C)(CN)C1.Cl. The number of rotatable bonds is 5. The molecule has 1 aliphatic heterocycles. The molecule has 0 aromatic heterocycles. The van der Waals surface area contributed by atoms with E-state index in [4.69, 9.17) is 10.5 Å². The van der Waals surface area contributed by atoms with E-state index in [2.05, 4.69) is 6.92 Å². The lowest BCUT2D eigenvalue weighted by atomic mass is 9.90. The second-order valence-corrected chi connectivity index (χ2v) is 6.05. The molecule has 1 saturated heterocycles. The van der Waals surface area contributed by atoms with Gasteiger partial charge < -0.3 is 15.4 Å². The van der Waals surface area contributed by atoms with E-state index in [9.17, 15) is 4.79 Å². The average Bonchev–Trinajstić information content (AvgIpc) is 2.88. The van der Waals surface area contributed by atoms with Gasteiger partial charge in [-0.2, -0.15) is 0 Å². The lowest BCUT2D eigenvalue weighted by Crippen LogP contribution is -2.38. The van der Waals surface area contributed by atoms with Crippen LogP contribution in [-0.2, 0) is 4.79 Å². The van der Waals surface area contributed by atoms with Crippen molar-refractivity contribution in [1.82, 2.24) is 4.90 Å². The minimum absolute atomic E-state index is 0. The first-order valence-electron chi connectivity index (χ1n) is 7.21. The molecule has 118 valence electrons. The molecule has 1 aliphatic rings. The molecule has 0 saturated carbocycles. The number of ether oxygens (including phenoxy) is 1. The molecule has 1 aromatic carbocycles. The standard InChI is InChI=1S/C16H24N2O2.ClH/c1-13(10-20-14-6-4-3-5-7-14)15(19)18-9-8-16(2,11-17)12-18;/h3-7,13H,8-12,17H2,1-2H3;1H.